The molecule has 0 aliphatic heterocycles. The first kappa shape index (κ1) is 12.9. The Bertz CT molecular complexity index is 440. The summed E-state index contributed by atoms with van der Waals surface area (Å²) < 4.78 is 4.88. The maximum atomic E-state index is 11.5. The number of esters is 1. The molecule has 5 heteroatoms. The van der Waals surface area contributed by atoms with Crippen molar-refractivity contribution in [2.24, 2.45) is 0 Å². The third kappa shape index (κ3) is 4.37. The van der Waals surface area contributed by atoms with Gasteiger partial charge in [0.25, 0.3) is 5.91 Å². The fourth-order valence-electron chi connectivity index (χ4n) is 1.46. The predicted molar refractivity (Wildman–Crippen MR) is 67.3 cm³/mol. The van der Waals surface area contributed by atoms with Crippen LogP contribution in [0.5, 0.6) is 0 Å². The Labute approximate surface area is 110 Å². The van der Waals surface area contributed by atoms with Gasteiger partial charge in [-0.05, 0) is 30.5 Å². The van der Waals surface area contributed by atoms with Crippen molar-refractivity contribution in [3.05, 3.63) is 34.9 Å². The highest BCUT2D eigenvalue weighted by Gasteiger charge is 2.23. The lowest BCUT2D eigenvalue weighted by Gasteiger charge is -2.05. The van der Waals surface area contributed by atoms with Crippen molar-refractivity contribution in [2.75, 3.05) is 6.61 Å². The van der Waals surface area contributed by atoms with Crippen molar-refractivity contribution in [1.29, 1.82) is 0 Å². The van der Waals surface area contributed by atoms with Gasteiger partial charge < -0.3 is 10.1 Å². The molecule has 0 saturated heterocycles. The molecule has 1 aliphatic rings. The van der Waals surface area contributed by atoms with Crippen LogP contribution in [0.2, 0.25) is 5.02 Å². The van der Waals surface area contributed by atoms with Gasteiger partial charge in [-0.3, -0.25) is 9.59 Å². The number of carbonyl (C=O) groups excluding carboxylic acids is 2. The number of halogens is 1. The maximum Gasteiger partial charge on any atom is 0.310 e. The van der Waals surface area contributed by atoms with Gasteiger partial charge in [-0.1, -0.05) is 23.7 Å². The molecule has 0 bridgehead atoms. The van der Waals surface area contributed by atoms with Crippen molar-refractivity contribution in [3.8, 4) is 0 Å². The van der Waals surface area contributed by atoms with Crippen molar-refractivity contribution >= 4 is 23.5 Å². The SMILES string of the molecule is O=C(COC(=O)Cc1ccc(Cl)cc1)NC1CC1. The van der Waals surface area contributed by atoms with Crippen LogP contribution in [0.25, 0.3) is 0 Å². The second-order valence-electron chi connectivity index (χ2n) is 4.31. The molecule has 1 N–H and O–H groups in total. The summed E-state index contributed by atoms with van der Waals surface area (Å²) in [6.45, 7) is -0.205. The van der Waals surface area contributed by atoms with E-state index in [2.05, 4.69) is 5.32 Å². The van der Waals surface area contributed by atoms with Crippen LogP contribution < -0.4 is 5.32 Å². The Morgan fingerprint density at radius 2 is 1.94 bits per heavy atom. The fraction of sp³-hybridized carbons (Fsp3) is 0.385. The number of nitrogens with one attached hydrogen (secondary N) is 1. The first-order valence-electron chi connectivity index (χ1n) is 5.83. The van der Waals surface area contributed by atoms with Gasteiger partial charge in [0.15, 0.2) is 6.61 Å². The van der Waals surface area contributed by atoms with Crippen LogP contribution in [0.1, 0.15) is 18.4 Å². The lowest BCUT2D eigenvalue weighted by Crippen LogP contribution is -2.30. The monoisotopic (exact) mass is 267 g/mol. The number of amides is 1. The summed E-state index contributed by atoms with van der Waals surface area (Å²) in [6.07, 6.45) is 2.18. The minimum absolute atomic E-state index is 0.147. The van der Waals surface area contributed by atoms with Gasteiger partial charge in [0.05, 0.1) is 6.42 Å². The summed E-state index contributed by atoms with van der Waals surface area (Å²) in [5.74, 6) is -0.648. The molecule has 1 saturated carbocycles. The Balaban J connectivity index is 1.70. The minimum Gasteiger partial charge on any atom is -0.455 e. The average molecular weight is 268 g/mol. The zero-order valence-electron chi connectivity index (χ0n) is 9.82. The standard InChI is InChI=1S/C13H14ClNO3/c14-10-3-1-9(2-4-10)7-13(17)18-8-12(16)15-11-5-6-11/h1-4,11H,5-8H2,(H,15,16). The van der Waals surface area contributed by atoms with Gasteiger partial charge in [-0.2, -0.15) is 0 Å². The Morgan fingerprint density at radius 1 is 1.28 bits per heavy atom. The number of carbonyl (C=O) groups is 2. The first-order valence-corrected chi connectivity index (χ1v) is 6.21. The molecule has 1 amide bonds. The van der Waals surface area contributed by atoms with Gasteiger partial charge in [0.1, 0.15) is 0 Å². The molecule has 1 aliphatic carbocycles. The van der Waals surface area contributed by atoms with E-state index in [1.165, 1.54) is 0 Å². The van der Waals surface area contributed by atoms with Crippen LogP contribution >= 0.6 is 11.6 Å². The molecular weight excluding hydrogens is 254 g/mol. The van der Waals surface area contributed by atoms with Gasteiger partial charge in [0.2, 0.25) is 0 Å². The predicted octanol–water partition coefficient (Wildman–Crippen LogP) is 1.70. The van der Waals surface area contributed by atoms with Gasteiger partial charge in [-0.25, -0.2) is 0 Å². The molecule has 1 fully saturated rings. The molecule has 0 heterocycles. The fourth-order valence-corrected chi connectivity index (χ4v) is 1.59. The molecule has 4 nitrogen and oxygen atoms in total. The van der Waals surface area contributed by atoms with Crippen LogP contribution in [-0.2, 0) is 20.7 Å². The van der Waals surface area contributed by atoms with Crippen molar-refractivity contribution in [3.63, 3.8) is 0 Å². The van der Waals surface area contributed by atoms with Crippen molar-refractivity contribution in [2.45, 2.75) is 25.3 Å². The molecule has 1 aromatic rings. The molecule has 1 aromatic carbocycles. The number of ether oxygens (including phenoxy) is 1. The number of rotatable bonds is 5. The molecule has 2 rings (SSSR count). The summed E-state index contributed by atoms with van der Waals surface area (Å²) in [4.78, 5) is 22.8. The second-order valence-corrected chi connectivity index (χ2v) is 4.74. The van der Waals surface area contributed by atoms with Crippen LogP contribution in [0.15, 0.2) is 24.3 Å². The Kier molecular flexibility index (Phi) is 4.20. The van der Waals surface area contributed by atoms with Gasteiger partial charge in [-0.15, -0.1) is 0 Å². The molecule has 0 spiro atoms. The van der Waals surface area contributed by atoms with Gasteiger partial charge >= 0.3 is 5.97 Å². The van der Waals surface area contributed by atoms with E-state index in [4.69, 9.17) is 16.3 Å². The van der Waals surface area contributed by atoms with Gasteiger partial charge in [0, 0.05) is 11.1 Å². The molecular formula is C13H14ClNO3. The van der Waals surface area contributed by atoms with Crippen LogP contribution in [0.4, 0.5) is 0 Å². The zero-order chi connectivity index (χ0) is 13.0. The Morgan fingerprint density at radius 3 is 2.56 bits per heavy atom. The number of benzene rings is 1. The summed E-state index contributed by atoms with van der Waals surface area (Å²) in [6, 6.07) is 7.22. The normalized spacial score (nSPS) is 14.1. The summed E-state index contributed by atoms with van der Waals surface area (Å²) in [7, 11) is 0. The quantitative estimate of drug-likeness (QED) is 0.827. The van der Waals surface area contributed by atoms with E-state index in [1.807, 2.05) is 0 Å². The van der Waals surface area contributed by atoms with Crippen LogP contribution in [0, 0.1) is 0 Å². The lowest BCUT2D eigenvalue weighted by molar-refractivity contribution is -0.147. The maximum absolute atomic E-state index is 11.5. The average Bonchev–Trinajstić information content (AvgIpc) is 3.13. The topological polar surface area (TPSA) is 55.4 Å². The van der Waals surface area contributed by atoms with E-state index in [0.29, 0.717) is 5.02 Å². The van der Waals surface area contributed by atoms with Crippen LogP contribution in [-0.4, -0.2) is 24.5 Å². The highest BCUT2D eigenvalue weighted by molar-refractivity contribution is 6.30. The lowest BCUT2D eigenvalue weighted by atomic mass is 10.1. The summed E-state index contributed by atoms with van der Waals surface area (Å²) in [5.41, 5.74) is 0.812. The van der Waals surface area contributed by atoms with E-state index in [1.54, 1.807) is 24.3 Å². The van der Waals surface area contributed by atoms with E-state index < -0.39 is 5.97 Å². The molecule has 0 unspecified atom stereocenters. The molecule has 0 aromatic heterocycles. The van der Waals surface area contributed by atoms with E-state index in [0.717, 1.165) is 18.4 Å². The smallest absolute Gasteiger partial charge is 0.310 e. The first-order chi connectivity index (χ1) is 8.63. The van der Waals surface area contributed by atoms with Crippen molar-refractivity contribution in [1.82, 2.24) is 5.32 Å². The molecule has 0 radical (unpaired) electrons. The highest BCUT2D eigenvalue weighted by atomic mass is 35.5. The number of hydrogen-bond donors (Lipinski definition) is 1. The largest absolute Gasteiger partial charge is 0.455 e. The van der Waals surface area contributed by atoms with Crippen LogP contribution in [0.3, 0.4) is 0 Å². The molecule has 18 heavy (non-hydrogen) atoms. The molecule has 96 valence electrons. The van der Waals surface area contributed by atoms with E-state index >= 15 is 0 Å². The van der Waals surface area contributed by atoms with E-state index in [-0.39, 0.29) is 25.0 Å². The second kappa shape index (κ2) is 5.87. The third-order valence-corrected chi connectivity index (χ3v) is 2.82. The minimum atomic E-state index is -0.414. The summed E-state index contributed by atoms with van der Waals surface area (Å²) in [5, 5.41) is 3.37. The molecule has 0 atom stereocenters. The zero-order valence-corrected chi connectivity index (χ0v) is 10.6. The highest BCUT2D eigenvalue weighted by Crippen LogP contribution is 2.18. The summed E-state index contributed by atoms with van der Waals surface area (Å²) >= 11 is 5.74. The van der Waals surface area contributed by atoms with E-state index in [9.17, 15) is 9.59 Å². The Hall–Kier alpha value is -1.55. The van der Waals surface area contributed by atoms with Crippen molar-refractivity contribution < 1.29 is 14.3 Å². The number of hydrogen-bond acceptors (Lipinski definition) is 3. The third-order valence-electron chi connectivity index (χ3n) is 2.57.